The van der Waals surface area contributed by atoms with Gasteiger partial charge in [0.25, 0.3) is 11.5 Å². The van der Waals surface area contributed by atoms with E-state index in [1.807, 2.05) is 30.3 Å². The summed E-state index contributed by atoms with van der Waals surface area (Å²) in [6.45, 7) is 1.47. The Labute approximate surface area is 263 Å². The molecule has 1 atom stereocenters. The van der Waals surface area contributed by atoms with Gasteiger partial charge < -0.3 is 19.5 Å². The van der Waals surface area contributed by atoms with Crippen LogP contribution in [0, 0.1) is 0 Å². The minimum atomic E-state index is -0.683. The average Bonchev–Trinajstić information content (AvgIpc) is 3.31. The molecule has 1 unspecified atom stereocenters. The summed E-state index contributed by atoms with van der Waals surface area (Å²) in [5.41, 5.74) is 2.47. The van der Waals surface area contributed by atoms with Gasteiger partial charge in [-0.3, -0.25) is 14.2 Å². The van der Waals surface area contributed by atoms with Crippen molar-refractivity contribution in [1.82, 2.24) is 4.57 Å². The lowest BCUT2D eigenvalue weighted by Gasteiger charge is -2.24. The molecule has 2 heterocycles. The van der Waals surface area contributed by atoms with E-state index in [1.165, 1.54) is 30.1 Å². The highest BCUT2D eigenvalue weighted by Crippen LogP contribution is 2.31. The monoisotopic (exact) mass is 681 g/mol. The van der Waals surface area contributed by atoms with Crippen LogP contribution in [0.15, 0.2) is 92.3 Å². The molecule has 0 radical (unpaired) electrons. The summed E-state index contributed by atoms with van der Waals surface area (Å²) < 4.78 is 18.9. The summed E-state index contributed by atoms with van der Waals surface area (Å²) in [4.78, 5) is 44.0. The molecule has 0 bridgehead atoms. The van der Waals surface area contributed by atoms with Gasteiger partial charge >= 0.3 is 5.97 Å². The second kappa shape index (κ2) is 13.0. The van der Waals surface area contributed by atoms with E-state index in [4.69, 9.17) is 25.8 Å². The third-order valence-electron chi connectivity index (χ3n) is 6.59. The molecule has 12 heteroatoms. The number of carbonyl (C=O) groups excluding carboxylic acids is 2. The third kappa shape index (κ3) is 6.43. The summed E-state index contributed by atoms with van der Waals surface area (Å²) in [6.07, 6.45) is 1.72. The fraction of sp³-hybridized carbons (Fsp3) is 0.161. The third-order valence-corrected chi connectivity index (χ3v) is 8.81. The van der Waals surface area contributed by atoms with Crippen LogP contribution in [0.5, 0.6) is 11.5 Å². The van der Waals surface area contributed by atoms with Crippen LogP contribution >= 0.6 is 38.9 Å². The molecular weight excluding hydrogens is 658 g/mol. The molecule has 43 heavy (non-hydrogen) atoms. The maximum Gasteiger partial charge on any atom is 0.338 e. The Morgan fingerprint density at radius 2 is 1.86 bits per heavy atom. The first-order valence-corrected chi connectivity index (χ1v) is 14.9. The summed E-state index contributed by atoms with van der Waals surface area (Å²) >= 11 is 10.6. The maximum atomic E-state index is 13.7. The molecule has 0 saturated carbocycles. The second-order valence-electron chi connectivity index (χ2n) is 9.36. The van der Waals surface area contributed by atoms with Crippen molar-refractivity contribution in [2.24, 2.45) is 4.99 Å². The highest BCUT2D eigenvalue weighted by atomic mass is 79.9. The van der Waals surface area contributed by atoms with Crippen LogP contribution in [0.3, 0.4) is 0 Å². The number of ether oxygens (including phenoxy) is 3. The number of esters is 1. The number of halogens is 2. The average molecular weight is 683 g/mol. The van der Waals surface area contributed by atoms with Gasteiger partial charge in [-0.05, 0) is 70.4 Å². The number of benzene rings is 3. The van der Waals surface area contributed by atoms with Crippen molar-refractivity contribution in [3.05, 3.63) is 118 Å². The first-order chi connectivity index (χ1) is 20.7. The zero-order valence-electron chi connectivity index (χ0n) is 23.2. The van der Waals surface area contributed by atoms with E-state index in [-0.39, 0.29) is 18.1 Å². The Kier molecular flexibility index (Phi) is 9.14. The molecule has 9 nitrogen and oxygen atoms in total. The Balaban J connectivity index is 1.43. The number of rotatable bonds is 8. The first kappa shape index (κ1) is 30.3. The number of hydrogen-bond donors (Lipinski definition) is 1. The Hall–Kier alpha value is -4.19. The number of fused-ring (bicyclic) bond motifs is 1. The van der Waals surface area contributed by atoms with Gasteiger partial charge in [0.05, 0.1) is 41.1 Å². The quantitative estimate of drug-likeness (QED) is 0.267. The number of hydrogen-bond acceptors (Lipinski definition) is 8. The Morgan fingerprint density at radius 1 is 1.09 bits per heavy atom. The van der Waals surface area contributed by atoms with Crippen molar-refractivity contribution in [3.8, 4) is 11.5 Å². The minimum Gasteiger partial charge on any atom is -0.493 e. The number of nitrogens with zero attached hydrogens (tertiary/aromatic N) is 2. The van der Waals surface area contributed by atoms with E-state index >= 15 is 0 Å². The van der Waals surface area contributed by atoms with Crippen molar-refractivity contribution < 1.29 is 23.8 Å². The van der Waals surface area contributed by atoms with Crippen LogP contribution < -0.4 is 29.7 Å². The standard InChI is InChI=1S/C31H25BrClN3O6S/c1-17-27(30(39)41-3)28(19-7-5-4-6-8-19)36-29(38)25(43-31(36)34-17)14-18-9-12-23(24(13-18)40-2)42-16-26(37)35-20-10-11-21(32)22(33)15-20/h4-15,28H,16H2,1-3H3,(H,35,37)/b25-14-. The van der Waals surface area contributed by atoms with Crippen molar-refractivity contribution in [2.75, 3.05) is 26.1 Å². The lowest BCUT2D eigenvalue weighted by molar-refractivity contribution is -0.136. The topological polar surface area (TPSA) is 108 Å². The number of methoxy groups -OCH3 is 2. The predicted octanol–water partition coefficient (Wildman–Crippen LogP) is 4.85. The van der Waals surface area contributed by atoms with Gasteiger partial charge in [0.1, 0.15) is 0 Å². The number of amides is 1. The van der Waals surface area contributed by atoms with Crippen molar-refractivity contribution >= 4 is 62.5 Å². The van der Waals surface area contributed by atoms with Crippen molar-refractivity contribution in [3.63, 3.8) is 0 Å². The van der Waals surface area contributed by atoms with Gasteiger partial charge in [-0.25, -0.2) is 9.79 Å². The Morgan fingerprint density at radius 3 is 2.56 bits per heavy atom. The van der Waals surface area contributed by atoms with Gasteiger partial charge in [-0.1, -0.05) is 59.3 Å². The van der Waals surface area contributed by atoms with Crippen LogP contribution in [-0.2, 0) is 14.3 Å². The predicted molar refractivity (Wildman–Crippen MR) is 168 cm³/mol. The molecule has 0 fully saturated rings. The first-order valence-electron chi connectivity index (χ1n) is 12.9. The molecule has 1 amide bonds. The van der Waals surface area contributed by atoms with Gasteiger partial charge in [0.2, 0.25) is 0 Å². The maximum absolute atomic E-state index is 13.7. The van der Waals surface area contributed by atoms with Gasteiger partial charge in [0.15, 0.2) is 22.9 Å². The highest BCUT2D eigenvalue weighted by Gasteiger charge is 2.32. The van der Waals surface area contributed by atoms with Crippen molar-refractivity contribution in [1.29, 1.82) is 0 Å². The molecule has 1 aliphatic rings. The van der Waals surface area contributed by atoms with Gasteiger partial charge in [0, 0.05) is 10.2 Å². The van der Waals surface area contributed by atoms with Crippen LogP contribution in [0.4, 0.5) is 5.69 Å². The molecule has 0 spiro atoms. The fourth-order valence-electron chi connectivity index (χ4n) is 4.60. The normalized spacial score (nSPS) is 14.5. The highest BCUT2D eigenvalue weighted by molar-refractivity contribution is 9.10. The van der Waals surface area contributed by atoms with Crippen LogP contribution in [0.1, 0.15) is 24.1 Å². The van der Waals surface area contributed by atoms with Gasteiger partial charge in [-0.15, -0.1) is 0 Å². The molecule has 4 aromatic rings. The van der Waals surface area contributed by atoms with Crippen LogP contribution in [0.2, 0.25) is 5.02 Å². The number of aromatic nitrogens is 1. The SMILES string of the molecule is COC(=O)C1=C(C)N=c2s/c(=C\c3ccc(OCC(=O)Nc4ccc(Br)c(Cl)c4)c(OC)c3)c(=O)n2C1c1ccccc1. The summed E-state index contributed by atoms with van der Waals surface area (Å²) in [5.74, 6) is -0.182. The molecular formula is C31H25BrClN3O6S. The van der Waals surface area contributed by atoms with E-state index < -0.39 is 12.0 Å². The number of nitrogens with one attached hydrogen (secondary N) is 1. The zero-order valence-corrected chi connectivity index (χ0v) is 26.4. The molecule has 1 N–H and O–H groups in total. The van der Waals surface area contributed by atoms with Crippen molar-refractivity contribution in [2.45, 2.75) is 13.0 Å². The van der Waals surface area contributed by atoms with E-state index in [9.17, 15) is 14.4 Å². The lowest BCUT2D eigenvalue weighted by atomic mass is 9.96. The van der Waals surface area contributed by atoms with E-state index in [2.05, 4.69) is 26.2 Å². The summed E-state index contributed by atoms with van der Waals surface area (Å²) in [6, 6.07) is 18.8. The molecule has 1 aromatic heterocycles. The lowest BCUT2D eigenvalue weighted by Crippen LogP contribution is -2.39. The van der Waals surface area contributed by atoms with E-state index in [0.717, 1.165) is 10.0 Å². The number of thiazole rings is 1. The van der Waals surface area contributed by atoms with Crippen LogP contribution in [-0.4, -0.2) is 37.3 Å². The second-order valence-corrected chi connectivity index (χ2v) is 11.6. The molecule has 220 valence electrons. The molecule has 0 aliphatic carbocycles. The summed E-state index contributed by atoms with van der Waals surface area (Å²) in [5, 5.41) is 3.20. The Bertz CT molecular complexity index is 1940. The molecule has 1 aliphatic heterocycles. The largest absolute Gasteiger partial charge is 0.493 e. The number of anilines is 1. The summed E-state index contributed by atoms with van der Waals surface area (Å²) in [7, 11) is 2.79. The van der Waals surface area contributed by atoms with E-state index in [1.54, 1.807) is 49.4 Å². The molecule has 5 rings (SSSR count). The number of allylic oxidation sites excluding steroid dienone is 1. The zero-order chi connectivity index (χ0) is 30.7. The van der Waals surface area contributed by atoms with Gasteiger partial charge in [-0.2, -0.15) is 0 Å². The molecule has 0 saturated heterocycles. The van der Waals surface area contributed by atoms with Crippen LogP contribution in [0.25, 0.3) is 6.08 Å². The van der Waals surface area contributed by atoms with E-state index in [0.29, 0.717) is 48.4 Å². The minimum absolute atomic E-state index is 0.261. The molecule has 3 aromatic carbocycles. The smallest absolute Gasteiger partial charge is 0.338 e. The number of carbonyl (C=O) groups is 2. The fourth-order valence-corrected chi connectivity index (χ4v) is 6.08.